The van der Waals surface area contributed by atoms with Gasteiger partial charge in [-0.3, -0.25) is 42.5 Å². The van der Waals surface area contributed by atoms with Crippen LogP contribution in [0.2, 0.25) is 0 Å². The van der Waals surface area contributed by atoms with Gasteiger partial charge in [-0.1, -0.05) is 51.4 Å². The van der Waals surface area contributed by atoms with E-state index in [0.717, 1.165) is 47.3 Å². The number of fused-ring (bicyclic) bond motifs is 20. The van der Waals surface area contributed by atoms with Crippen LogP contribution < -0.4 is 42.5 Å². The minimum Gasteiger partial charge on any atom is -0.668 e. The van der Waals surface area contributed by atoms with Crippen molar-refractivity contribution in [2.45, 2.75) is 152 Å². The molecule has 8 bridgehead atoms. The molecule has 45 heavy (non-hydrogen) atoms. The Labute approximate surface area is 285 Å². The molecule has 1 radical (unpaired) electrons. The Morgan fingerprint density at radius 3 is 0.533 bits per heavy atom. The molecule has 10 heteroatoms. The Bertz CT molecular complexity index is 735. The van der Waals surface area contributed by atoms with Gasteiger partial charge in [0.05, 0.1) is 49.3 Å². The zero-order valence-electron chi connectivity index (χ0n) is 28.3. The normalized spacial score (nSPS) is 51.6. The molecule has 4 saturated carbocycles. The average molecular weight is 676 g/mol. The molecule has 9 aliphatic rings. The van der Waals surface area contributed by atoms with Crippen LogP contribution in [0.4, 0.5) is 0 Å². The summed E-state index contributed by atoms with van der Waals surface area (Å²) < 4.78 is 0. The molecule has 0 aromatic carbocycles. The zero-order chi connectivity index (χ0) is 28.9. The van der Waals surface area contributed by atoms with E-state index < -0.39 is 0 Å². The number of nitrogens with zero attached hydrogens (tertiary/aromatic N) is 1. The molecule has 9 fully saturated rings. The van der Waals surface area contributed by atoms with Crippen LogP contribution in [0.1, 0.15) is 103 Å². The molecular weight excluding hydrogens is 610 g/mol. The number of nitrogens with one attached hydrogen (secondary N) is 8. The monoisotopic (exact) mass is 674 g/mol. The van der Waals surface area contributed by atoms with E-state index >= 15 is 0 Å². The second kappa shape index (κ2) is 15.4. The first-order valence-corrected chi connectivity index (χ1v) is 18.8. The fraction of sp³-hybridized carbons (Fsp3) is 0.971. The second-order valence-corrected chi connectivity index (χ2v) is 16.1. The molecule has 8 N–H and O–H groups in total. The number of rotatable bonds is 0. The van der Waals surface area contributed by atoms with Crippen LogP contribution in [0.5, 0.6) is 0 Å². The molecule has 0 spiro atoms. The number of hydrogen-bond acceptors (Lipinski definition) is 8. The van der Waals surface area contributed by atoms with Crippen molar-refractivity contribution in [2.24, 2.45) is 47.3 Å². The maximum absolute atomic E-state index is 4.26. The van der Waals surface area contributed by atoms with Crippen LogP contribution in [0.15, 0.2) is 0 Å². The van der Waals surface area contributed by atoms with Crippen molar-refractivity contribution in [1.82, 2.24) is 42.5 Å². The summed E-state index contributed by atoms with van der Waals surface area (Å²) in [5.41, 5.74) is 0. The maximum atomic E-state index is 4.26. The summed E-state index contributed by atoms with van der Waals surface area (Å²) in [6.07, 6.45) is 25.6. The first kappa shape index (κ1) is 35.0. The summed E-state index contributed by atoms with van der Waals surface area (Å²) in [5, 5.41) is 37.3. The topological polar surface area (TPSA) is 110 Å². The van der Waals surface area contributed by atoms with Gasteiger partial charge in [0.25, 0.3) is 0 Å². The molecule has 9 rings (SSSR count). The third-order valence-corrected chi connectivity index (χ3v) is 13.8. The third-order valence-electron chi connectivity index (χ3n) is 13.8. The fourth-order valence-corrected chi connectivity index (χ4v) is 12.0. The van der Waals surface area contributed by atoms with Gasteiger partial charge in [0, 0.05) is 0 Å². The van der Waals surface area contributed by atoms with E-state index in [2.05, 4.69) is 47.9 Å². The Hall–Kier alpha value is 0.159. The average Bonchev–Trinajstić information content (AvgIpc) is 3.77. The van der Waals surface area contributed by atoms with E-state index in [1.165, 1.54) is 103 Å². The van der Waals surface area contributed by atoms with Crippen LogP contribution in [-0.4, -0.2) is 63.4 Å². The van der Waals surface area contributed by atoms with E-state index in [0.29, 0.717) is 49.3 Å². The van der Waals surface area contributed by atoms with Gasteiger partial charge in [0.2, 0.25) is 0 Å². The predicted molar refractivity (Wildman–Crippen MR) is 179 cm³/mol. The summed E-state index contributed by atoms with van der Waals surface area (Å²) >= 11 is 0. The molecule has 5 saturated heterocycles. The molecule has 9 nitrogen and oxygen atoms in total. The van der Waals surface area contributed by atoms with Gasteiger partial charge in [-0.2, -0.15) is 14.1 Å². The Kier molecular flexibility index (Phi) is 12.0. The SMILES string of the molecule is C1CCC2C3NC(NC4NC(NC5NC(NC6NC(N3)C3CCCCC63)C3CCCCC53)C3CCCCC43)C2C1.C[N-]C.[CH3-].[Cu+2]. The van der Waals surface area contributed by atoms with Gasteiger partial charge in [-0.05, 0) is 98.7 Å². The molecule has 261 valence electrons. The number of hydrogen-bond donors (Lipinski definition) is 8. The smallest absolute Gasteiger partial charge is 0.668 e. The molecule has 0 amide bonds. The van der Waals surface area contributed by atoms with Crippen molar-refractivity contribution >= 4 is 0 Å². The van der Waals surface area contributed by atoms with E-state index in [4.69, 9.17) is 0 Å². The first-order valence-electron chi connectivity index (χ1n) is 18.8. The van der Waals surface area contributed by atoms with Crippen LogP contribution in [-0.2, 0) is 17.1 Å². The van der Waals surface area contributed by atoms with Gasteiger partial charge in [-0.25, -0.2) is 0 Å². The van der Waals surface area contributed by atoms with Gasteiger partial charge in [-0.15, -0.1) is 0 Å². The van der Waals surface area contributed by atoms with Crippen LogP contribution >= 0.6 is 0 Å². The fourth-order valence-electron chi connectivity index (χ4n) is 12.0. The Balaban J connectivity index is 0.000000689. The Morgan fingerprint density at radius 1 is 0.311 bits per heavy atom. The van der Waals surface area contributed by atoms with Crippen molar-refractivity contribution in [3.05, 3.63) is 12.7 Å². The van der Waals surface area contributed by atoms with Gasteiger partial charge in [0.15, 0.2) is 0 Å². The molecule has 5 aliphatic heterocycles. The summed E-state index contributed by atoms with van der Waals surface area (Å²) in [5.74, 6) is 5.97. The Morgan fingerprint density at radius 2 is 0.422 bits per heavy atom. The predicted octanol–water partition coefficient (Wildman–Crippen LogP) is 3.67. The summed E-state index contributed by atoms with van der Waals surface area (Å²) in [6.45, 7) is 0. The van der Waals surface area contributed by atoms with E-state index in [9.17, 15) is 0 Å². The minimum absolute atomic E-state index is 0. The third kappa shape index (κ3) is 6.71. The molecule has 8 unspecified atom stereocenters. The maximum Gasteiger partial charge on any atom is 2.00 e. The van der Waals surface area contributed by atoms with Crippen molar-refractivity contribution in [3.8, 4) is 0 Å². The van der Waals surface area contributed by atoms with Crippen LogP contribution in [0.3, 0.4) is 0 Å². The van der Waals surface area contributed by atoms with Gasteiger partial charge in [0.1, 0.15) is 0 Å². The summed E-state index contributed by atoms with van der Waals surface area (Å²) in [6, 6.07) is 0. The molecule has 5 heterocycles. The second-order valence-electron chi connectivity index (χ2n) is 16.1. The van der Waals surface area contributed by atoms with E-state index in [-0.39, 0.29) is 24.5 Å². The first-order chi connectivity index (χ1) is 21.2. The zero-order valence-corrected chi connectivity index (χ0v) is 29.2. The van der Waals surface area contributed by atoms with Crippen LogP contribution in [0, 0.1) is 54.8 Å². The van der Waals surface area contributed by atoms with Crippen molar-refractivity contribution in [2.75, 3.05) is 14.1 Å². The van der Waals surface area contributed by atoms with Crippen LogP contribution in [0.25, 0.3) is 5.32 Å². The van der Waals surface area contributed by atoms with Gasteiger partial charge >= 0.3 is 17.1 Å². The largest absolute Gasteiger partial charge is 2.00 e. The van der Waals surface area contributed by atoms with Crippen molar-refractivity contribution < 1.29 is 17.1 Å². The molecule has 0 aromatic heterocycles. The molecule has 4 aliphatic carbocycles. The quantitative estimate of drug-likeness (QED) is 0.145. The van der Waals surface area contributed by atoms with E-state index in [1.807, 2.05) is 0 Å². The molecular formula is C35H65CuN9. The van der Waals surface area contributed by atoms with Crippen molar-refractivity contribution in [1.29, 1.82) is 0 Å². The minimum atomic E-state index is 0. The molecule has 0 aromatic rings. The molecule has 8 atom stereocenters. The van der Waals surface area contributed by atoms with Gasteiger partial charge < -0.3 is 12.7 Å². The van der Waals surface area contributed by atoms with E-state index in [1.54, 1.807) is 14.1 Å². The summed E-state index contributed by atoms with van der Waals surface area (Å²) in [7, 11) is 3.50. The standard InChI is InChI=1S/C32H56N8.C2H6N.CH3.Cu/c1-2-10-18-17(9-1)25-33-26(18)38-28-21-13-5-6-14-22(21)30(35-28)40-32-24-16-8-7-15-23(24)31(36-32)39-29-20-12-4-3-11-19(20)27(34-29)37-25;1-3-2;;/h17-40H,1-16H2;1-2H3;1H3;/q;2*-1;+2. The summed E-state index contributed by atoms with van der Waals surface area (Å²) in [4.78, 5) is 0. The van der Waals surface area contributed by atoms with Crippen molar-refractivity contribution in [3.63, 3.8) is 0 Å².